The van der Waals surface area contributed by atoms with E-state index in [2.05, 4.69) is 42.4 Å². The van der Waals surface area contributed by atoms with Crippen molar-refractivity contribution in [1.29, 1.82) is 0 Å². The van der Waals surface area contributed by atoms with E-state index in [1.165, 1.54) is 10.5 Å². The molecule has 5 nitrogen and oxygen atoms in total. The molecule has 0 aliphatic carbocycles. The van der Waals surface area contributed by atoms with Crippen LogP contribution >= 0.6 is 35.5 Å². The number of amides is 1. The van der Waals surface area contributed by atoms with Crippen LogP contribution in [-0.2, 0) is 17.8 Å². The Balaban J connectivity index is 0.00000272. The summed E-state index contributed by atoms with van der Waals surface area (Å²) in [4.78, 5) is 25.2. The van der Waals surface area contributed by atoms with Crippen molar-refractivity contribution in [3.8, 4) is 0 Å². The summed E-state index contributed by atoms with van der Waals surface area (Å²) >= 11 is 3.29. The van der Waals surface area contributed by atoms with Crippen LogP contribution in [0.25, 0.3) is 10.2 Å². The summed E-state index contributed by atoms with van der Waals surface area (Å²) in [5.74, 6) is 0.0771. The summed E-state index contributed by atoms with van der Waals surface area (Å²) in [5.41, 5.74) is 3.16. The molecule has 0 spiro atoms. The van der Waals surface area contributed by atoms with Gasteiger partial charge in [-0.3, -0.25) is 9.69 Å². The van der Waals surface area contributed by atoms with Gasteiger partial charge in [-0.05, 0) is 55.0 Å². The molecule has 8 heteroatoms. The Labute approximate surface area is 196 Å². The maximum atomic E-state index is 13.3. The molecule has 0 N–H and O–H groups in total. The molecule has 0 saturated carbocycles. The molecule has 0 aliphatic rings. The van der Waals surface area contributed by atoms with E-state index in [1.54, 1.807) is 35.6 Å². The summed E-state index contributed by atoms with van der Waals surface area (Å²) in [6, 6.07) is 14.4. The second kappa shape index (κ2) is 10.8. The zero-order valence-corrected chi connectivity index (χ0v) is 20.0. The number of aromatic nitrogens is 3. The molecule has 4 rings (SSSR count). The van der Waals surface area contributed by atoms with E-state index < -0.39 is 0 Å². The van der Waals surface area contributed by atoms with Crippen molar-refractivity contribution in [3.63, 3.8) is 0 Å². The molecule has 0 fully saturated rings. The van der Waals surface area contributed by atoms with Crippen LogP contribution in [0.15, 0.2) is 66.1 Å². The lowest BCUT2D eigenvalue weighted by molar-refractivity contribution is -0.118. The molecule has 0 aliphatic heterocycles. The normalized spacial score (nSPS) is 10.8. The molecule has 1 amide bonds. The first-order valence-corrected chi connectivity index (χ1v) is 11.9. The lowest BCUT2D eigenvalue weighted by Gasteiger charge is -2.20. The van der Waals surface area contributed by atoms with Gasteiger partial charge in [-0.15, -0.1) is 24.2 Å². The van der Waals surface area contributed by atoms with Crippen molar-refractivity contribution in [3.05, 3.63) is 72.3 Å². The van der Waals surface area contributed by atoms with Crippen LogP contribution in [0.2, 0.25) is 0 Å². The lowest BCUT2D eigenvalue weighted by atomic mass is 10.1. The van der Waals surface area contributed by atoms with Crippen molar-refractivity contribution < 1.29 is 4.79 Å². The number of thioether (sulfide) groups is 1. The number of carbonyl (C=O) groups excluding carboxylic acids is 1. The minimum atomic E-state index is 0. The smallest absolute Gasteiger partial charge is 0.233 e. The predicted molar refractivity (Wildman–Crippen MR) is 133 cm³/mol. The van der Waals surface area contributed by atoms with E-state index in [0.29, 0.717) is 13.0 Å². The average Bonchev–Trinajstić information content (AvgIpc) is 3.41. The molecule has 31 heavy (non-hydrogen) atoms. The van der Waals surface area contributed by atoms with Gasteiger partial charge >= 0.3 is 0 Å². The highest BCUT2D eigenvalue weighted by Gasteiger charge is 2.20. The van der Waals surface area contributed by atoms with Crippen LogP contribution < -0.4 is 4.90 Å². The van der Waals surface area contributed by atoms with Gasteiger partial charge in [0.2, 0.25) is 5.91 Å². The molecule has 4 aromatic rings. The fraction of sp³-hybridized carbons (Fsp3) is 0.261. The summed E-state index contributed by atoms with van der Waals surface area (Å²) in [5, 5.41) is 0.770. The zero-order chi connectivity index (χ0) is 20.9. The van der Waals surface area contributed by atoms with E-state index in [9.17, 15) is 4.79 Å². The molecule has 0 unspecified atom stereocenters. The quantitative estimate of drug-likeness (QED) is 0.313. The number of benzene rings is 2. The van der Waals surface area contributed by atoms with Gasteiger partial charge in [-0.2, -0.15) is 0 Å². The molecule has 2 aromatic heterocycles. The first-order valence-electron chi connectivity index (χ1n) is 9.88. The van der Waals surface area contributed by atoms with Crippen molar-refractivity contribution in [2.24, 2.45) is 0 Å². The van der Waals surface area contributed by atoms with Crippen molar-refractivity contribution in [1.82, 2.24) is 14.5 Å². The number of anilines is 1. The Hall–Kier alpha value is -2.35. The Kier molecular flexibility index (Phi) is 8.12. The van der Waals surface area contributed by atoms with Crippen LogP contribution in [0, 0.1) is 6.92 Å². The van der Waals surface area contributed by atoms with Gasteiger partial charge in [0.25, 0.3) is 0 Å². The number of imidazole rings is 1. The Morgan fingerprint density at radius 1 is 1.19 bits per heavy atom. The minimum Gasteiger partial charge on any atom is -0.337 e. The topological polar surface area (TPSA) is 51.0 Å². The van der Waals surface area contributed by atoms with Crippen LogP contribution in [0.1, 0.15) is 17.5 Å². The van der Waals surface area contributed by atoms with Gasteiger partial charge in [0.05, 0.1) is 23.0 Å². The number of hydrogen-bond donors (Lipinski definition) is 0. The third-order valence-corrected chi connectivity index (χ3v) is 6.72. The molecular formula is C23H25ClN4OS2. The summed E-state index contributed by atoms with van der Waals surface area (Å²) in [7, 11) is 0. The van der Waals surface area contributed by atoms with Crippen LogP contribution in [0.5, 0.6) is 0 Å². The highest BCUT2D eigenvalue weighted by atomic mass is 35.5. The van der Waals surface area contributed by atoms with Gasteiger partial charge in [-0.25, -0.2) is 9.97 Å². The third-order valence-electron chi connectivity index (χ3n) is 4.94. The largest absolute Gasteiger partial charge is 0.337 e. The molecule has 0 radical (unpaired) electrons. The van der Waals surface area contributed by atoms with Crippen LogP contribution in [0.3, 0.4) is 0 Å². The SMILES string of the molecule is CSc1ccc(CC(=O)N(CCCn2ccnc2)c2nc3ccc(C)cc3s2)cc1.Cl. The molecule has 0 saturated heterocycles. The maximum absolute atomic E-state index is 13.3. The number of fused-ring (bicyclic) bond motifs is 1. The number of thiazole rings is 1. The number of nitrogens with zero attached hydrogens (tertiary/aromatic N) is 4. The van der Waals surface area contributed by atoms with Gasteiger partial charge in [0.1, 0.15) is 0 Å². The average molecular weight is 473 g/mol. The Morgan fingerprint density at radius 3 is 2.71 bits per heavy atom. The Morgan fingerprint density at radius 2 is 2.00 bits per heavy atom. The first kappa shape index (κ1) is 23.3. The van der Waals surface area contributed by atoms with Gasteiger partial charge in [0, 0.05) is 30.4 Å². The van der Waals surface area contributed by atoms with E-state index in [-0.39, 0.29) is 18.3 Å². The van der Waals surface area contributed by atoms with Gasteiger partial charge in [0.15, 0.2) is 5.13 Å². The number of carbonyl (C=O) groups is 1. The monoisotopic (exact) mass is 472 g/mol. The molecule has 0 atom stereocenters. The molecule has 0 bridgehead atoms. The van der Waals surface area contributed by atoms with Crippen molar-refractivity contribution >= 4 is 56.8 Å². The second-order valence-electron chi connectivity index (χ2n) is 7.19. The fourth-order valence-electron chi connectivity index (χ4n) is 3.31. The predicted octanol–water partition coefficient (Wildman–Crippen LogP) is 5.61. The number of rotatable bonds is 8. The van der Waals surface area contributed by atoms with Gasteiger partial charge < -0.3 is 4.57 Å². The number of halogens is 1. The lowest BCUT2D eigenvalue weighted by Crippen LogP contribution is -2.33. The zero-order valence-electron chi connectivity index (χ0n) is 17.5. The molecule has 2 aromatic carbocycles. The molecule has 162 valence electrons. The molecule has 2 heterocycles. The van der Waals surface area contributed by atoms with Crippen molar-refractivity contribution in [2.45, 2.75) is 31.2 Å². The summed E-state index contributed by atoms with van der Waals surface area (Å²) in [6.07, 6.45) is 8.78. The van der Waals surface area contributed by atoms with E-state index >= 15 is 0 Å². The van der Waals surface area contributed by atoms with E-state index in [0.717, 1.165) is 33.9 Å². The minimum absolute atomic E-state index is 0. The Bertz CT molecular complexity index is 1130. The summed E-state index contributed by atoms with van der Waals surface area (Å²) in [6.45, 7) is 3.51. The number of aryl methyl sites for hydroxylation is 2. The van der Waals surface area contributed by atoms with Crippen molar-refractivity contribution in [2.75, 3.05) is 17.7 Å². The molecular weight excluding hydrogens is 448 g/mol. The maximum Gasteiger partial charge on any atom is 0.233 e. The highest BCUT2D eigenvalue weighted by Crippen LogP contribution is 2.30. The van der Waals surface area contributed by atoms with Crippen LogP contribution in [0.4, 0.5) is 5.13 Å². The standard InChI is InChI=1S/C23H24N4OS2.ClH/c1-17-4-9-20-21(14-17)30-23(25-20)27(12-3-11-26-13-10-24-16-26)22(28)15-18-5-7-19(29-2)8-6-18;/h4-10,13-14,16H,3,11-12,15H2,1-2H3;1H. The first-order chi connectivity index (χ1) is 14.6. The van der Waals surface area contributed by atoms with Crippen LogP contribution in [-0.4, -0.2) is 33.2 Å². The van der Waals surface area contributed by atoms with Gasteiger partial charge in [-0.1, -0.05) is 29.5 Å². The third kappa shape index (κ3) is 5.87. The summed E-state index contributed by atoms with van der Waals surface area (Å²) < 4.78 is 3.15. The number of hydrogen-bond acceptors (Lipinski definition) is 5. The van der Waals surface area contributed by atoms with E-state index in [4.69, 9.17) is 4.98 Å². The highest BCUT2D eigenvalue weighted by molar-refractivity contribution is 7.98. The van der Waals surface area contributed by atoms with E-state index in [1.807, 2.05) is 33.9 Å². The fourth-order valence-corrected chi connectivity index (χ4v) is 4.82. The second-order valence-corrected chi connectivity index (χ2v) is 9.08.